The van der Waals surface area contributed by atoms with Gasteiger partial charge in [-0.2, -0.15) is 10.1 Å². The second kappa shape index (κ2) is 8.74. The lowest BCUT2D eigenvalue weighted by molar-refractivity contribution is -0.142. The number of piperidine rings is 1. The molecule has 1 atom stereocenters. The summed E-state index contributed by atoms with van der Waals surface area (Å²) in [6, 6.07) is 9.89. The number of rotatable bonds is 5. The Bertz CT molecular complexity index is 1120. The second-order valence-corrected chi connectivity index (χ2v) is 8.55. The van der Waals surface area contributed by atoms with Crippen LogP contribution in [0.2, 0.25) is 0 Å². The van der Waals surface area contributed by atoms with Crippen molar-refractivity contribution in [3.05, 3.63) is 36.0 Å². The Morgan fingerprint density at radius 3 is 2.72 bits per heavy atom. The van der Waals surface area contributed by atoms with Gasteiger partial charge in [0.1, 0.15) is 5.82 Å². The van der Waals surface area contributed by atoms with E-state index in [1.54, 1.807) is 0 Å². The minimum absolute atomic E-state index is 0.0208. The first kappa shape index (κ1) is 20.7. The highest BCUT2D eigenvalue weighted by atomic mass is 16.5. The number of ether oxygens (including phenoxy) is 1. The SMILES string of the molecule is Cc1cc(Nc2nc(N3CCC(C(=O)O)CC3)nc3ccccc23)nn1C1CCCCO1. The predicted molar refractivity (Wildman–Crippen MR) is 121 cm³/mol. The van der Waals surface area contributed by atoms with E-state index in [9.17, 15) is 9.90 Å². The Hall–Kier alpha value is -3.20. The number of hydrogen-bond donors (Lipinski definition) is 2. The third-order valence-corrected chi connectivity index (χ3v) is 6.32. The fourth-order valence-corrected chi connectivity index (χ4v) is 4.51. The standard InChI is InChI=1S/C23H28N6O3/c1-15-14-19(27-29(15)20-8-4-5-13-32-20)25-21-17-6-2-3-7-18(17)24-23(26-21)28-11-9-16(10-12-28)22(30)31/h2-3,6-7,14,16,20H,4-5,8-13H2,1H3,(H,30,31)(H,24,25,26,27). The summed E-state index contributed by atoms with van der Waals surface area (Å²) in [6.07, 6.45) is 4.38. The Morgan fingerprint density at radius 2 is 1.97 bits per heavy atom. The molecule has 0 aliphatic carbocycles. The third-order valence-electron chi connectivity index (χ3n) is 6.32. The number of carbonyl (C=O) groups is 1. The summed E-state index contributed by atoms with van der Waals surface area (Å²) in [4.78, 5) is 22.9. The lowest BCUT2D eigenvalue weighted by Crippen LogP contribution is -2.37. The molecule has 2 aromatic heterocycles. The van der Waals surface area contributed by atoms with Gasteiger partial charge in [0, 0.05) is 36.8 Å². The molecule has 0 amide bonds. The largest absolute Gasteiger partial charge is 0.481 e. The minimum atomic E-state index is -0.723. The fraction of sp³-hybridized carbons (Fsp3) is 0.478. The molecule has 0 radical (unpaired) electrons. The first-order valence-electron chi connectivity index (χ1n) is 11.3. The summed E-state index contributed by atoms with van der Waals surface area (Å²) < 4.78 is 7.85. The highest BCUT2D eigenvalue weighted by Crippen LogP contribution is 2.30. The van der Waals surface area contributed by atoms with Crippen LogP contribution in [0.25, 0.3) is 10.9 Å². The Kier molecular flexibility index (Phi) is 5.65. The molecule has 0 spiro atoms. The zero-order chi connectivity index (χ0) is 22.1. The lowest BCUT2D eigenvalue weighted by Gasteiger charge is -2.30. The van der Waals surface area contributed by atoms with Crippen molar-refractivity contribution in [3.63, 3.8) is 0 Å². The van der Waals surface area contributed by atoms with Crippen molar-refractivity contribution in [2.75, 3.05) is 29.9 Å². The zero-order valence-corrected chi connectivity index (χ0v) is 18.2. The maximum Gasteiger partial charge on any atom is 0.306 e. The monoisotopic (exact) mass is 436 g/mol. The Balaban J connectivity index is 1.43. The van der Waals surface area contributed by atoms with Crippen LogP contribution in [0.15, 0.2) is 30.3 Å². The van der Waals surface area contributed by atoms with Gasteiger partial charge >= 0.3 is 5.97 Å². The number of anilines is 3. The summed E-state index contributed by atoms with van der Waals surface area (Å²) in [5.41, 5.74) is 1.88. The number of aromatic nitrogens is 4. The van der Waals surface area contributed by atoms with E-state index in [0.29, 0.717) is 37.7 Å². The summed E-state index contributed by atoms with van der Waals surface area (Å²) in [7, 11) is 0. The second-order valence-electron chi connectivity index (χ2n) is 8.55. The van der Waals surface area contributed by atoms with Crippen molar-refractivity contribution in [1.29, 1.82) is 0 Å². The molecule has 2 fully saturated rings. The van der Waals surface area contributed by atoms with Crippen molar-refractivity contribution >= 4 is 34.5 Å². The average Bonchev–Trinajstić information content (AvgIpc) is 3.19. The van der Waals surface area contributed by atoms with Gasteiger partial charge < -0.3 is 20.1 Å². The van der Waals surface area contributed by atoms with E-state index in [2.05, 4.69) is 10.2 Å². The van der Waals surface area contributed by atoms with Crippen molar-refractivity contribution in [2.45, 2.75) is 45.3 Å². The molecule has 1 aromatic carbocycles. The molecule has 4 heterocycles. The van der Waals surface area contributed by atoms with Gasteiger partial charge in [0.15, 0.2) is 12.0 Å². The van der Waals surface area contributed by atoms with Gasteiger partial charge in [0.2, 0.25) is 5.95 Å². The molecule has 5 rings (SSSR count). The molecule has 0 bridgehead atoms. The topological polar surface area (TPSA) is 105 Å². The Morgan fingerprint density at radius 1 is 1.16 bits per heavy atom. The van der Waals surface area contributed by atoms with Crippen LogP contribution in [0.3, 0.4) is 0 Å². The van der Waals surface area contributed by atoms with Gasteiger partial charge in [-0.25, -0.2) is 9.67 Å². The van der Waals surface area contributed by atoms with E-state index in [4.69, 9.17) is 19.8 Å². The van der Waals surface area contributed by atoms with Crippen LogP contribution in [0, 0.1) is 12.8 Å². The van der Waals surface area contributed by atoms with E-state index < -0.39 is 5.97 Å². The first-order chi connectivity index (χ1) is 15.6. The van der Waals surface area contributed by atoms with E-state index in [1.165, 1.54) is 0 Å². The molecule has 168 valence electrons. The number of para-hydroxylation sites is 1. The molecular weight excluding hydrogens is 408 g/mol. The van der Waals surface area contributed by atoms with Crippen molar-refractivity contribution in [3.8, 4) is 0 Å². The molecule has 9 nitrogen and oxygen atoms in total. The maximum absolute atomic E-state index is 11.3. The summed E-state index contributed by atoms with van der Waals surface area (Å²) in [5.74, 6) is 1.01. The van der Waals surface area contributed by atoms with Crippen molar-refractivity contribution in [2.24, 2.45) is 5.92 Å². The molecule has 3 aromatic rings. The van der Waals surface area contributed by atoms with Gasteiger partial charge in [-0.15, -0.1) is 0 Å². The van der Waals surface area contributed by atoms with Gasteiger partial charge in [0.05, 0.1) is 11.4 Å². The quantitative estimate of drug-likeness (QED) is 0.621. The van der Waals surface area contributed by atoms with E-state index in [1.807, 2.05) is 41.9 Å². The number of hydrogen-bond acceptors (Lipinski definition) is 7. The van der Waals surface area contributed by atoms with Crippen LogP contribution in [-0.4, -0.2) is 50.5 Å². The van der Waals surface area contributed by atoms with Crippen molar-refractivity contribution in [1.82, 2.24) is 19.7 Å². The number of fused-ring (bicyclic) bond motifs is 1. The molecule has 32 heavy (non-hydrogen) atoms. The number of aliphatic carboxylic acids is 1. The van der Waals surface area contributed by atoms with Crippen LogP contribution < -0.4 is 10.2 Å². The molecule has 2 N–H and O–H groups in total. The maximum atomic E-state index is 11.3. The lowest BCUT2D eigenvalue weighted by atomic mass is 9.97. The summed E-state index contributed by atoms with van der Waals surface area (Å²) >= 11 is 0. The Labute approximate surface area is 186 Å². The highest BCUT2D eigenvalue weighted by Gasteiger charge is 2.26. The van der Waals surface area contributed by atoms with E-state index in [-0.39, 0.29) is 12.1 Å². The number of carboxylic acid groups (broad SMARTS) is 1. The third kappa shape index (κ3) is 4.12. The number of nitrogens with zero attached hydrogens (tertiary/aromatic N) is 5. The van der Waals surface area contributed by atoms with E-state index >= 15 is 0 Å². The molecule has 2 saturated heterocycles. The average molecular weight is 437 g/mol. The van der Waals surface area contributed by atoms with Crippen LogP contribution in [0.4, 0.5) is 17.6 Å². The molecular formula is C23H28N6O3. The molecule has 9 heteroatoms. The number of nitrogens with one attached hydrogen (secondary N) is 1. The summed E-state index contributed by atoms with van der Waals surface area (Å²) in [5, 5.41) is 18.3. The van der Waals surface area contributed by atoms with E-state index in [0.717, 1.165) is 48.3 Å². The van der Waals surface area contributed by atoms with Gasteiger partial charge in [-0.3, -0.25) is 4.79 Å². The zero-order valence-electron chi connectivity index (χ0n) is 18.2. The van der Waals surface area contributed by atoms with Crippen LogP contribution in [-0.2, 0) is 9.53 Å². The van der Waals surface area contributed by atoms with Crippen molar-refractivity contribution < 1.29 is 14.6 Å². The molecule has 2 aliphatic rings. The molecule has 2 aliphatic heterocycles. The first-order valence-corrected chi connectivity index (χ1v) is 11.3. The highest BCUT2D eigenvalue weighted by molar-refractivity contribution is 5.91. The number of aryl methyl sites for hydroxylation is 1. The van der Waals surface area contributed by atoms with Gasteiger partial charge in [0.25, 0.3) is 0 Å². The molecule has 0 saturated carbocycles. The molecule has 1 unspecified atom stereocenters. The number of carboxylic acids is 1. The van der Waals surface area contributed by atoms with Crippen LogP contribution in [0.1, 0.15) is 44.0 Å². The summed E-state index contributed by atoms with van der Waals surface area (Å²) in [6.45, 7) is 4.06. The van der Waals surface area contributed by atoms with Crippen LogP contribution >= 0.6 is 0 Å². The normalized spacial score (nSPS) is 19.9. The van der Waals surface area contributed by atoms with Gasteiger partial charge in [-0.1, -0.05) is 12.1 Å². The predicted octanol–water partition coefficient (Wildman–Crippen LogP) is 3.88. The smallest absolute Gasteiger partial charge is 0.306 e. The minimum Gasteiger partial charge on any atom is -0.481 e. The van der Waals surface area contributed by atoms with Gasteiger partial charge in [-0.05, 0) is 51.2 Å². The number of benzene rings is 1. The fourth-order valence-electron chi connectivity index (χ4n) is 4.51. The van der Waals surface area contributed by atoms with Crippen LogP contribution in [0.5, 0.6) is 0 Å².